The fraction of sp³-hybridized carbons (Fsp3) is 0.312. The van der Waals surface area contributed by atoms with Crippen LogP contribution in [0.5, 0.6) is 0 Å². The van der Waals surface area contributed by atoms with Crippen LogP contribution >= 0.6 is 0 Å². The highest BCUT2D eigenvalue weighted by Crippen LogP contribution is 2.46. The lowest BCUT2D eigenvalue weighted by Gasteiger charge is -2.25. The van der Waals surface area contributed by atoms with Crippen LogP contribution in [0, 0.1) is 18.8 Å². The molecule has 10 nitrogen and oxygen atoms in total. The number of aromatic nitrogens is 2. The van der Waals surface area contributed by atoms with E-state index in [9.17, 15) is 19.5 Å². The quantitative estimate of drug-likeness (QED) is 0.285. The Bertz CT molecular complexity index is 1730. The molecule has 6 rings (SSSR count). The molecule has 1 aliphatic carbocycles. The standard InChI is InChI=1S/C32H33N5O5/c1-18-13-22(19(2)33-26-12-8-7-11-21(26)30(39)40)27-23(14-18)29(38)36(3)31(34-27)37-15-24-25(16-37)28(24)35-32(41)42-17-20-9-5-4-6-10-20/h4-14,19,24-25,28,33H,15-17H2,1-3H3,(H,35,41)(H,39,40)/t19?,24-,25+,28?. The normalized spacial score (nSPS) is 19.7. The number of para-hydroxylation sites is 1. The van der Waals surface area contributed by atoms with Crippen molar-refractivity contribution in [2.24, 2.45) is 18.9 Å². The molecular formula is C32H33N5O5. The molecule has 10 heteroatoms. The molecule has 216 valence electrons. The van der Waals surface area contributed by atoms with E-state index in [1.54, 1.807) is 35.9 Å². The van der Waals surface area contributed by atoms with Gasteiger partial charge in [0.2, 0.25) is 5.95 Å². The largest absolute Gasteiger partial charge is 0.478 e. The third-order valence-corrected chi connectivity index (χ3v) is 8.30. The number of hydrogen-bond acceptors (Lipinski definition) is 7. The van der Waals surface area contributed by atoms with Crippen LogP contribution in [0.25, 0.3) is 10.9 Å². The zero-order valence-electron chi connectivity index (χ0n) is 23.7. The fourth-order valence-electron chi connectivity index (χ4n) is 6.07. The number of carbonyl (C=O) groups excluding carboxylic acids is 1. The summed E-state index contributed by atoms with van der Waals surface area (Å²) in [6.45, 7) is 5.42. The third kappa shape index (κ3) is 5.15. The van der Waals surface area contributed by atoms with Gasteiger partial charge in [-0.1, -0.05) is 48.5 Å². The number of carboxylic acids is 1. The summed E-state index contributed by atoms with van der Waals surface area (Å²) in [4.78, 5) is 44.8. The number of benzene rings is 3. The monoisotopic (exact) mass is 567 g/mol. The molecule has 4 atom stereocenters. The van der Waals surface area contributed by atoms with E-state index in [1.807, 2.05) is 56.3 Å². The second-order valence-corrected chi connectivity index (χ2v) is 11.2. The van der Waals surface area contributed by atoms with E-state index >= 15 is 0 Å². The van der Waals surface area contributed by atoms with Crippen LogP contribution < -0.4 is 21.1 Å². The minimum absolute atomic E-state index is 0.0405. The Kier molecular flexibility index (Phi) is 7.06. The Labute approximate surface area is 242 Å². The van der Waals surface area contributed by atoms with E-state index < -0.39 is 12.1 Å². The number of carboxylic acid groups (broad SMARTS) is 1. The highest BCUT2D eigenvalue weighted by atomic mass is 16.5. The molecule has 3 N–H and O–H groups in total. The van der Waals surface area contributed by atoms with E-state index in [0.29, 0.717) is 35.6 Å². The van der Waals surface area contributed by atoms with Crippen LogP contribution in [-0.4, -0.2) is 45.9 Å². The lowest BCUT2D eigenvalue weighted by Crippen LogP contribution is -2.37. The van der Waals surface area contributed by atoms with Crippen LogP contribution in [-0.2, 0) is 18.4 Å². The first-order valence-corrected chi connectivity index (χ1v) is 14.0. The maximum Gasteiger partial charge on any atom is 0.407 e. The minimum atomic E-state index is -1.02. The number of aromatic carboxylic acids is 1. The first-order chi connectivity index (χ1) is 20.2. The van der Waals surface area contributed by atoms with Crippen molar-refractivity contribution < 1.29 is 19.4 Å². The number of fused-ring (bicyclic) bond motifs is 2. The van der Waals surface area contributed by atoms with Crippen LogP contribution in [0.4, 0.5) is 16.4 Å². The summed E-state index contributed by atoms with van der Waals surface area (Å²) in [6, 6.07) is 19.9. The lowest BCUT2D eigenvalue weighted by atomic mass is 10.0. The number of ether oxygens (including phenoxy) is 1. The zero-order chi connectivity index (χ0) is 29.5. The summed E-state index contributed by atoms with van der Waals surface area (Å²) in [6.07, 6.45) is -0.424. The molecule has 0 bridgehead atoms. The number of rotatable bonds is 8. The van der Waals surface area contributed by atoms with E-state index in [1.165, 1.54) is 0 Å². The Morgan fingerprint density at radius 3 is 2.48 bits per heavy atom. The number of amides is 1. The van der Waals surface area contributed by atoms with Crippen molar-refractivity contribution in [1.82, 2.24) is 14.9 Å². The van der Waals surface area contributed by atoms with Crippen molar-refractivity contribution in [1.29, 1.82) is 0 Å². The number of nitrogens with zero attached hydrogens (tertiary/aromatic N) is 3. The number of hydrogen-bond donors (Lipinski definition) is 3. The van der Waals surface area contributed by atoms with E-state index in [2.05, 4.69) is 15.5 Å². The van der Waals surface area contributed by atoms with Crippen molar-refractivity contribution in [3.63, 3.8) is 0 Å². The summed E-state index contributed by atoms with van der Waals surface area (Å²) in [5, 5.41) is 16.4. The smallest absolute Gasteiger partial charge is 0.407 e. The molecule has 4 aromatic rings. The Balaban J connectivity index is 1.20. The molecular weight excluding hydrogens is 534 g/mol. The van der Waals surface area contributed by atoms with E-state index in [-0.39, 0.29) is 41.6 Å². The first kappa shape index (κ1) is 27.3. The Morgan fingerprint density at radius 2 is 1.76 bits per heavy atom. The van der Waals surface area contributed by atoms with Crippen molar-refractivity contribution in [3.05, 3.63) is 99.3 Å². The maximum absolute atomic E-state index is 13.6. The predicted molar refractivity (Wildman–Crippen MR) is 160 cm³/mol. The number of anilines is 2. The summed E-state index contributed by atoms with van der Waals surface area (Å²) in [5.74, 6) is 0.0758. The Hall–Kier alpha value is -4.86. The van der Waals surface area contributed by atoms with Gasteiger partial charge in [0.1, 0.15) is 6.61 Å². The number of alkyl carbamates (subject to hydrolysis) is 1. The van der Waals surface area contributed by atoms with Gasteiger partial charge in [-0.25, -0.2) is 14.6 Å². The molecule has 1 aromatic heterocycles. The van der Waals surface area contributed by atoms with Crippen molar-refractivity contribution in [2.75, 3.05) is 23.3 Å². The van der Waals surface area contributed by atoms with Gasteiger partial charge in [-0.05, 0) is 43.2 Å². The molecule has 2 aliphatic rings. The van der Waals surface area contributed by atoms with Gasteiger partial charge in [-0.15, -0.1) is 0 Å². The molecule has 0 radical (unpaired) electrons. The molecule has 1 aliphatic heterocycles. The van der Waals surface area contributed by atoms with Gasteiger partial charge in [-0.2, -0.15) is 0 Å². The first-order valence-electron chi connectivity index (χ1n) is 14.0. The highest BCUT2D eigenvalue weighted by molar-refractivity contribution is 5.94. The van der Waals surface area contributed by atoms with Crippen LogP contribution in [0.3, 0.4) is 0 Å². The minimum Gasteiger partial charge on any atom is -0.478 e. The topological polar surface area (TPSA) is 126 Å². The van der Waals surface area contributed by atoms with Gasteiger partial charge in [0.25, 0.3) is 5.56 Å². The van der Waals surface area contributed by atoms with Gasteiger partial charge in [0.15, 0.2) is 0 Å². The molecule has 2 unspecified atom stereocenters. The van der Waals surface area contributed by atoms with Crippen molar-refractivity contribution in [2.45, 2.75) is 32.5 Å². The van der Waals surface area contributed by atoms with Gasteiger partial charge in [0, 0.05) is 49.3 Å². The lowest BCUT2D eigenvalue weighted by molar-refractivity contribution is 0.0697. The number of piperidine rings is 1. The highest BCUT2D eigenvalue weighted by Gasteiger charge is 2.57. The maximum atomic E-state index is 13.6. The molecule has 1 amide bonds. The zero-order valence-corrected chi connectivity index (χ0v) is 23.7. The molecule has 2 heterocycles. The van der Waals surface area contributed by atoms with E-state index in [0.717, 1.165) is 16.7 Å². The number of carbonyl (C=O) groups is 2. The summed E-state index contributed by atoms with van der Waals surface area (Å²) in [5.41, 5.74) is 3.78. The summed E-state index contributed by atoms with van der Waals surface area (Å²) < 4.78 is 6.97. The summed E-state index contributed by atoms with van der Waals surface area (Å²) >= 11 is 0. The van der Waals surface area contributed by atoms with Crippen LogP contribution in [0.15, 0.2) is 71.5 Å². The van der Waals surface area contributed by atoms with Gasteiger partial charge < -0.3 is 25.4 Å². The summed E-state index contributed by atoms with van der Waals surface area (Å²) in [7, 11) is 1.73. The molecule has 1 saturated carbocycles. The molecule has 3 aromatic carbocycles. The van der Waals surface area contributed by atoms with Crippen molar-refractivity contribution in [3.8, 4) is 0 Å². The van der Waals surface area contributed by atoms with E-state index in [4.69, 9.17) is 9.72 Å². The Morgan fingerprint density at radius 1 is 1.07 bits per heavy atom. The molecule has 2 fully saturated rings. The number of aryl methyl sites for hydroxylation is 1. The van der Waals surface area contributed by atoms with Gasteiger partial charge in [-0.3, -0.25) is 9.36 Å². The molecule has 42 heavy (non-hydrogen) atoms. The fourth-order valence-corrected chi connectivity index (χ4v) is 6.07. The number of nitrogens with one attached hydrogen (secondary N) is 2. The van der Waals surface area contributed by atoms with Crippen LogP contribution in [0.1, 0.15) is 40.0 Å². The van der Waals surface area contributed by atoms with Crippen molar-refractivity contribution >= 4 is 34.6 Å². The second-order valence-electron chi connectivity index (χ2n) is 11.2. The second kappa shape index (κ2) is 10.8. The average molecular weight is 568 g/mol. The molecule has 0 spiro atoms. The van der Waals surface area contributed by atoms with Crippen LogP contribution in [0.2, 0.25) is 0 Å². The SMILES string of the molecule is Cc1cc(C(C)Nc2ccccc2C(=O)O)c2nc(N3C[C@@H]4C(NC(=O)OCc5ccccc5)[C@@H]4C3)n(C)c(=O)c2c1. The van der Waals surface area contributed by atoms with Gasteiger partial charge in [0.05, 0.1) is 22.5 Å². The predicted octanol–water partition coefficient (Wildman–Crippen LogP) is 4.47. The average Bonchev–Trinajstić information content (AvgIpc) is 3.40. The van der Waals surface area contributed by atoms with Gasteiger partial charge >= 0.3 is 12.1 Å². The third-order valence-electron chi connectivity index (χ3n) is 8.30. The molecule has 1 saturated heterocycles.